The minimum Gasteiger partial charge on any atom is -0.289 e. The number of carbonyl (C=O) groups excluding carboxylic acids is 1. The van der Waals surface area contributed by atoms with Gasteiger partial charge in [0.15, 0.2) is 0 Å². The average molecular weight is 318 g/mol. The van der Waals surface area contributed by atoms with Crippen molar-refractivity contribution in [3.05, 3.63) is 28.4 Å². The standard InChI is InChI=1S/C11H7BrClFN2O/c12-11(14)2-1-5-3-7-6(4-15-16-7)9(13)8(5)10(11)17/h3-4H,1-2H2,(H,15,16). The van der Waals surface area contributed by atoms with Gasteiger partial charge < -0.3 is 0 Å². The fraction of sp³-hybridized carbons (Fsp3) is 0.273. The third-order valence-electron chi connectivity index (χ3n) is 3.03. The van der Waals surface area contributed by atoms with Crippen molar-refractivity contribution in [2.24, 2.45) is 0 Å². The van der Waals surface area contributed by atoms with Gasteiger partial charge in [0.05, 0.1) is 16.7 Å². The van der Waals surface area contributed by atoms with Gasteiger partial charge in [0.1, 0.15) is 0 Å². The lowest BCUT2D eigenvalue weighted by atomic mass is 9.88. The molecule has 3 nitrogen and oxygen atoms in total. The van der Waals surface area contributed by atoms with Crippen molar-refractivity contribution in [1.82, 2.24) is 10.2 Å². The maximum atomic E-state index is 13.9. The van der Waals surface area contributed by atoms with Crippen LogP contribution >= 0.6 is 27.5 Å². The molecule has 2 aromatic rings. The number of fused-ring (bicyclic) bond motifs is 2. The molecule has 1 aliphatic carbocycles. The van der Waals surface area contributed by atoms with E-state index in [1.165, 1.54) is 6.20 Å². The molecule has 0 saturated heterocycles. The second-order valence-electron chi connectivity index (χ2n) is 4.09. The monoisotopic (exact) mass is 316 g/mol. The van der Waals surface area contributed by atoms with Crippen LogP contribution in [0.5, 0.6) is 0 Å². The van der Waals surface area contributed by atoms with Crippen molar-refractivity contribution >= 4 is 44.2 Å². The number of aryl methyl sites for hydroxylation is 1. The Labute approximate surface area is 109 Å². The summed E-state index contributed by atoms with van der Waals surface area (Å²) in [6, 6.07) is 1.81. The number of rotatable bonds is 0. The van der Waals surface area contributed by atoms with Crippen molar-refractivity contribution in [3.8, 4) is 0 Å². The zero-order valence-electron chi connectivity index (χ0n) is 8.56. The van der Waals surface area contributed by atoms with Crippen molar-refractivity contribution < 1.29 is 9.18 Å². The number of nitrogens with one attached hydrogen (secondary N) is 1. The lowest BCUT2D eigenvalue weighted by molar-refractivity contribution is 0.0823. The molecular weight excluding hydrogens is 310 g/mol. The van der Waals surface area contributed by atoms with Crippen LogP contribution < -0.4 is 0 Å². The molecule has 3 rings (SSSR count). The summed E-state index contributed by atoms with van der Waals surface area (Å²) in [5, 5.41) is 7.58. The van der Waals surface area contributed by atoms with E-state index in [2.05, 4.69) is 26.1 Å². The molecule has 0 amide bonds. The fourth-order valence-corrected chi connectivity index (χ4v) is 2.89. The SMILES string of the molecule is O=C1c2c(cc3[nH]ncc3c2Cl)CCC1(F)Br. The molecule has 0 saturated carbocycles. The van der Waals surface area contributed by atoms with Crippen LogP contribution in [-0.4, -0.2) is 20.6 Å². The van der Waals surface area contributed by atoms with E-state index in [4.69, 9.17) is 11.6 Å². The van der Waals surface area contributed by atoms with E-state index in [1.807, 2.05) is 6.07 Å². The molecule has 0 fully saturated rings. The predicted molar refractivity (Wildman–Crippen MR) is 66.5 cm³/mol. The molecule has 0 radical (unpaired) electrons. The Morgan fingerprint density at radius 3 is 3.12 bits per heavy atom. The first-order chi connectivity index (χ1) is 8.00. The quantitative estimate of drug-likeness (QED) is 0.757. The number of hydrogen-bond donors (Lipinski definition) is 1. The number of nitrogens with zero attached hydrogens (tertiary/aromatic N) is 1. The summed E-state index contributed by atoms with van der Waals surface area (Å²) in [6.45, 7) is 0. The zero-order valence-corrected chi connectivity index (χ0v) is 10.9. The van der Waals surface area contributed by atoms with Crippen molar-refractivity contribution in [2.75, 3.05) is 0 Å². The first-order valence-corrected chi connectivity index (χ1v) is 6.25. The minimum atomic E-state index is -2.00. The van der Waals surface area contributed by atoms with Crippen LogP contribution in [0.25, 0.3) is 10.9 Å². The molecule has 1 atom stereocenters. The summed E-state index contributed by atoms with van der Waals surface area (Å²) in [5.41, 5.74) is 1.80. The number of hydrogen-bond acceptors (Lipinski definition) is 2. The Morgan fingerprint density at radius 2 is 2.35 bits per heavy atom. The van der Waals surface area contributed by atoms with Crippen LogP contribution in [-0.2, 0) is 6.42 Å². The summed E-state index contributed by atoms with van der Waals surface area (Å²) in [4.78, 5) is 12.0. The highest BCUT2D eigenvalue weighted by Gasteiger charge is 2.42. The van der Waals surface area contributed by atoms with Crippen LogP contribution in [0.1, 0.15) is 22.3 Å². The Bertz CT molecular complexity index is 638. The molecule has 0 aliphatic heterocycles. The topological polar surface area (TPSA) is 45.8 Å². The van der Waals surface area contributed by atoms with E-state index < -0.39 is 10.4 Å². The first kappa shape index (κ1) is 11.2. The lowest BCUT2D eigenvalue weighted by Gasteiger charge is -2.25. The van der Waals surface area contributed by atoms with Crippen LogP contribution in [0.2, 0.25) is 5.02 Å². The predicted octanol–water partition coefficient (Wildman–Crippen LogP) is 3.41. The normalized spacial score (nSPS) is 24.1. The average Bonchev–Trinajstić information content (AvgIpc) is 2.72. The fourth-order valence-electron chi connectivity index (χ4n) is 2.13. The van der Waals surface area contributed by atoms with Gasteiger partial charge in [0.2, 0.25) is 10.4 Å². The summed E-state index contributed by atoms with van der Waals surface area (Å²) < 4.78 is 11.9. The van der Waals surface area contributed by atoms with Crippen LogP contribution in [0, 0.1) is 0 Å². The molecular formula is C11H7BrClFN2O. The van der Waals surface area contributed by atoms with Gasteiger partial charge in [-0.3, -0.25) is 9.89 Å². The van der Waals surface area contributed by atoms with Crippen LogP contribution in [0.4, 0.5) is 4.39 Å². The van der Waals surface area contributed by atoms with Gasteiger partial charge in [0, 0.05) is 17.4 Å². The van der Waals surface area contributed by atoms with Gasteiger partial charge in [-0.1, -0.05) is 11.6 Å². The number of alkyl halides is 2. The largest absolute Gasteiger partial charge is 0.289 e. The number of carbonyl (C=O) groups is 1. The number of benzene rings is 1. The van der Waals surface area contributed by atoms with Crippen molar-refractivity contribution in [1.29, 1.82) is 0 Å². The lowest BCUT2D eigenvalue weighted by Crippen LogP contribution is -2.32. The molecule has 1 aromatic carbocycles. The van der Waals surface area contributed by atoms with E-state index >= 15 is 0 Å². The third-order valence-corrected chi connectivity index (χ3v) is 4.18. The number of aromatic amines is 1. The zero-order chi connectivity index (χ0) is 12.2. The smallest absolute Gasteiger partial charge is 0.227 e. The molecule has 0 spiro atoms. The van der Waals surface area contributed by atoms with E-state index in [-0.39, 0.29) is 17.0 Å². The van der Waals surface area contributed by atoms with Crippen molar-refractivity contribution in [2.45, 2.75) is 17.4 Å². The molecule has 6 heteroatoms. The Balaban J connectivity index is 2.34. The van der Waals surface area contributed by atoms with Crippen LogP contribution in [0.3, 0.4) is 0 Å². The van der Waals surface area contributed by atoms with E-state index in [9.17, 15) is 9.18 Å². The van der Waals surface area contributed by atoms with E-state index in [1.54, 1.807) is 0 Å². The highest BCUT2D eigenvalue weighted by molar-refractivity contribution is 9.10. The molecule has 0 bridgehead atoms. The molecule has 1 unspecified atom stereocenters. The highest BCUT2D eigenvalue weighted by atomic mass is 79.9. The minimum absolute atomic E-state index is 0.120. The number of Topliss-reactive ketones (excluding diaryl/α,β-unsaturated/α-hetero) is 1. The van der Waals surface area contributed by atoms with Gasteiger partial charge in [-0.05, 0) is 34.0 Å². The van der Waals surface area contributed by atoms with Crippen molar-refractivity contribution in [3.63, 3.8) is 0 Å². The second-order valence-corrected chi connectivity index (χ2v) is 5.72. The first-order valence-electron chi connectivity index (χ1n) is 5.08. The van der Waals surface area contributed by atoms with Gasteiger partial charge >= 0.3 is 0 Å². The summed E-state index contributed by atoms with van der Waals surface area (Å²) in [5.74, 6) is -0.605. The molecule has 1 N–H and O–H groups in total. The Kier molecular flexibility index (Phi) is 2.32. The second kappa shape index (κ2) is 3.53. The summed E-state index contributed by atoms with van der Waals surface area (Å²) in [7, 11) is 0. The van der Waals surface area contributed by atoms with Crippen LogP contribution in [0.15, 0.2) is 12.3 Å². The van der Waals surface area contributed by atoms with E-state index in [0.717, 1.165) is 11.1 Å². The maximum Gasteiger partial charge on any atom is 0.227 e. The number of ketones is 1. The molecule has 1 heterocycles. The highest BCUT2D eigenvalue weighted by Crippen LogP contribution is 2.41. The van der Waals surface area contributed by atoms with Gasteiger partial charge in [-0.25, -0.2) is 4.39 Å². The Hall–Kier alpha value is -0.940. The van der Waals surface area contributed by atoms with Gasteiger partial charge in [0.25, 0.3) is 0 Å². The summed E-state index contributed by atoms with van der Waals surface area (Å²) >= 11 is 8.97. The van der Waals surface area contributed by atoms with Gasteiger partial charge in [-0.2, -0.15) is 5.10 Å². The molecule has 17 heavy (non-hydrogen) atoms. The number of H-pyrrole nitrogens is 1. The summed E-state index contributed by atoms with van der Waals surface area (Å²) in [6.07, 6.45) is 2.13. The third kappa shape index (κ3) is 1.52. The number of halogens is 3. The molecule has 1 aliphatic rings. The maximum absolute atomic E-state index is 13.9. The molecule has 1 aromatic heterocycles. The van der Waals surface area contributed by atoms with Gasteiger partial charge in [-0.15, -0.1) is 0 Å². The Morgan fingerprint density at radius 1 is 1.59 bits per heavy atom. The van der Waals surface area contributed by atoms with E-state index in [0.29, 0.717) is 11.8 Å². The number of aromatic nitrogens is 2. The molecule has 88 valence electrons.